The van der Waals surface area contributed by atoms with Crippen molar-refractivity contribution in [2.45, 2.75) is 19.6 Å². The van der Waals surface area contributed by atoms with Gasteiger partial charge in [0.2, 0.25) is 0 Å². The minimum atomic E-state index is -0.0321. The quantitative estimate of drug-likeness (QED) is 0.794. The van der Waals surface area contributed by atoms with E-state index >= 15 is 0 Å². The minimum absolute atomic E-state index is 0.0306. The highest BCUT2D eigenvalue weighted by Crippen LogP contribution is 2.37. The van der Waals surface area contributed by atoms with E-state index in [-0.39, 0.29) is 11.5 Å². The van der Waals surface area contributed by atoms with Crippen LogP contribution >= 0.6 is 0 Å². The lowest BCUT2D eigenvalue weighted by Gasteiger charge is -2.14. The van der Waals surface area contributed by atoms with Crippen LogP contribution in [-0.4, -0.2) is 15.1 Å². The van der Waals surface area contributed by atoms with Gasteiger partial charge in [-0.1, -0.05) is 36.4 Å². The van der Waals surface area contributed by atoms with Crippen LogP contribution in [0.25, 0.3) is 0 Å². The molecular formula is C15H15NO2. The van der Waals surface area contributed by atoms with E-state index in [9.17, 15) is 10.2 Å². The van der Waals surface area contributed by atoms with Gasteiger partial charge in [0.25, 0.3) is 0 Å². The summed E-state index contributed by atoms with van der Waals surface area (Å²) in [4.78, 5) is 2.25. The molecule has 0 fully saturated rings. The molecule has 92 valence electrons. The second-order valence-corrected chi connectivity index (χ2v) is 4.70. The molecule has 1 aliphatic rings. The molecular weight excluding hydrogens is 226 g/mol. The van der Waals surface area contributed by atoms with Crippen LogP contribution < -0.4 is 0 Å². The molecule has 2 aromatic carbocycles. The van der Waals surface area contributed by atoms with Crippen LogP contribution in [0, 0.1) is 0 Å². The molecule has 0 spiro atoms. The molecule has 0 saturated heterocycles. The van der Waals surface area contributed by atoms with Gasteiger partial charge in [0.05, 0.1) is 0 Å². The van der Waals surface area contributed by atoms with Crippen molar-refractivity contribution < 1.29 is 10.2 Å². The van der Waals surface area contributed by atoms with E-state index in [0.717, 1.165) is 24.2 Å². The maximum absolute atomic E-state index is 9.83. The van der Waals surface area contributed by atoms with Crippen LogP contribution in [0.3, 0.4) is 0 Å². The first-order chi connectivity index (χ1) is 8.74. The van der Waals surface area contributed by atoms with Crippen LogP contribution in [0.1, 0.15) is 16.7 Å². The molecule has 2 N–H and O–H groups in total. The van der Waals surface area contributed by atoms with Crippen molar-refractivity contribution in [3.63, 3.8) is 0 Å². The fraction of sp³-hybridized carbons (Fsp3) is 0.200. The van der Waals surface area contributed by atoms with Gasteiger partial charge in [-0.05, 0) is 17.2 Å². The number of phenolic OH excluding ortho intramolecular Hbond substituents is 2. The monoisotopic (exact) mass is 241 g/mol. The Kier molecular flexibility index (Phi) is 2.68. The largest absolute Gasteiger partial charge is 0.504 e. The predicted octanol–water partition coefficient (Wildman–Crippen LogP) is 2.61. The number of aromatic hydroxyl groups is 2. The lowest BCUT2D eigenvalue weighted by atomic mass is 10.1. The summed E-state index contributed by atoms with van der Waals surface area (Å²) in [6.45, 7) is 2.36. The lowest BCUT2D eigenvalue weighted by molar-refractivity contribution is 0.273. The van der Waals surface area contributed by atoms with Crippen LogP contribution in [0.4, 0.5) is 0 Å². The van der Waals surface area contributed by atoms with Crippen molar-refractivity contribution in [2.75, 3.05) is 0 Å². The van der Waals surface area contributed by atoms with E-state index in [4.69, 9.17) is 0 Å². The third kappa shape index (κ3) is 1.93. The van der Waals surface area contributed by atoms with E-state index in [1.807, 2.05) is 24.3 Å². The minimum Gasteiger partial charge on any atom is -0.504 e. The van der Waals surface area contributed by atoms with Crippen molar-refractivity contribution in [3.05, 3.63) is 59.2 Å². The molecule has 3 rings (SSSR count). The van der Waals surface area contributed by atoms with Crippen LogP contribution in [0.15, 0.2) is 42.5 Å². The zero-order valence-electron chi connectivity index (χ0n) is 10.0. The highest BCUT2D eigenvalue weighted by molar-refractivity contribution is 5.50. The topological polar surface area (TPSA) is 43.7 Å². The van der Waals surface area contributed by atoms with Crippen LogP contribution in [0.5, 0.6) is 11.5 Å². The molecule has 0 amide bonds. The Bertz CT molecular complexity index is 566. The molecule has 1 heterocycles. The van der Waals surface area contributed by atoms with Crippen molar-refractivity contribution in [1.29, 1.82) is 0 Å². The van der Waals surface area contributed by atoms with Gasteiger partial charge < -0.3 is 10.2 Å². The molecule has 3 nitrogen and oxygen atoms in total. The molecule has 1 aliphatic heterocycles. The SMILES string of the molecule is Oc1ccc2c(c1O)CN(Cc1ccccc1)C2. The van der Waals surface area contributed by atoms with Gasteiger partial charge in [0, 0.05) is 25.2 Å². The Hall–Kier alpha value is -2.00. The highest BCUT2D eigenvalue weighted by atomic mass is 16.3. The van der Waals surface area contributed by atoms with E-state index in [2.05, 4.69) is 17.0 Å². The smallest absolute Gasteiger partial charge is 0.162 e. The number of hydrogen-bond donors (Lipinski definition) is 2. The second kappa shape index (κ2) is 4.35. The molecule has 18 heavy (non-hydrogen) atoms. The van der Waals surface area contributed by atoms with Crippen molar-refractivity contribution in [2.24, 2.45) is 0 Å². The average molecular weight is 241 g/mol. The van der Waals surface area contributed by atoms with Gasteiger partial charge in [0.15, 0.2) is 11.5 Å². The number of fused-ring (bicyclic) bond motifs is 1. The van der Waals surface area contributed by atoms with Crippen LogP contribution in [-0.2, 0) is 19.6 Å². The molecule has 0 radical (unpaired) electrons. The Labute approximate surface area is 106 Å². The maximum Gasteiger partial charge on any atom is 0.162 e. The van der Waals surface area contributed by atoms with Gasteiger partial charge in [-0.15, -0.1) is 0 Å². The van der Waals surface area contributed by atoms with Gasteiger partial charge in [-0.25, -0.2) is 0 Å². The van der Waals surface area contributed by atoms with E-state index in [0.29, 0.717) is 6.54 Å². The zero-order valence-corrected chi connectivity index (χ0v) is 10.0. The number of phenols is 2. The number of rotatable bonds is 2. The summed E-state index contributed by atoms with van der Waals surface area (Å²) in [6.07, 6.45) is 0. The third-order valence-corrected chi connectivity index (χ3v) is 3.38. The summed E-state index contributed by atoms with van der Waals surface area (Å²) in [5.41, 5.74) is 3.21. The van der Waals surface area contributed by atoms with Crippen LogP contribution in [0.2, 0.25) is 0 Å². The molecule has 0 unspecified atom stereocenters. The number of nitrogens with zero attached hydrogens (tertiary/aromatic N) is 1. The van der Waals surface area contributed by atoms with Crippen molar-refractivity contribution >= 4 is 0 Å². The summed E-state index contributed by atoms with van der Waals surface area (Å²) in [5, 5.41) is 19.3. The summed E-state index contributed by atoms with van der Waals surface area (Å²) < 4.78 is 0. The molecule has 0 bridgehead atoms. The summed E-state index contributed by atoms with van der Waals surface area (Å²) in [6, 6.07) is 13.7. The van der Waals surface area contributed by atoms with E-state index < -0.39 is 0 Å². The molecule has 0 atom stereocenters. The first-order valence-electron chi connectivity index (χ1n) is 6.03. The normalized spacial score (nSPS) is 14.7. The Morgan fingerprint density at radius 2 is 1.72 bits per heavy atom. The van der Waals surface area contributed by atoms with Gasteiger partial charge in [-0.2, -0.15) is 0 Å². The predicted molar refractivity (Wildman–Crippen MR) is 69.2 cm³/mol. The Morgan fingerprint density at radius 1 is 0.944 bits per heavy atom. The van der Waals surface area contributed by atoms with Crippen molar-refractivity contribution in [3.8, 4) is 11.5 Å². The zero-order chi connectivity index (χ0) is 12.5. The van der Waals surface area contributed by atoms with E-state index in [1.54, 1.807) is 6.07 Å². The third-order valence-electron chi connectivity index (χ3n) is 3.38. The van der Waals surface area contributed by atoms with Crippen molar-refractivity contribution in [1.82, 2.24) is 4.90 Å². The second-order valence-electron chi connectivity index (χ2n) is 4.70. The first kappa shape index (κ1) is 11.1. The summed E-state index contributed by atoms with van der Waals surface area (Å²) in [5.74, 6) is -0.00151. The standard InChI is InChI=1S/C15H15NO2/c17-14-7-6-12-9-16(10-13(12)15(14)18)8-11-4-2-1-3-5-11/h1-7,17-18H,8-10H2. The molecule has 0 saturated carbocycles. The molecule has 3 heteroatoms. The van der Waals surface area contributed by atoms with Gasteiger partial charge >= 0.3 is 0 Å². The number of hydrogen-bond acceptors (Lipinski definition) is 3. The molecule has 0 aliphatic carbocycles. The van der Waals surface area contributed by atoms with Gasteiger partial charge in [0.1, 0.15) is 0 Å². The number of benzene rings is 2. The fourth-order valence-corrected chi connectivity index (χ4v) is 2.46. The molecule has 0 aromatic heterocycles. The Morgan fingerprint density at radius 3 is 2.50 bits per heavy atom. The lowest BCUT2D eigenvalue weighted by Crippen LogP contribution is -2.15. The van der Waals surface area contributed by atoms with Gasteiger partial charge in [-0.3, -0.25) is 4.90 Å². The first-order valence-corrected chi connectivity index (χ1v) is 6.03. The maximum atomic E-state index is 9.83. The van der Waals surface area contributed by atoms with E-state index in [1.165, 1.54) is 5.56 Å². The summed E-state index contributed by atoms with van der Waals surface area (Å²) >= 11 is 0. The highest BCUT2D eigenvalue weighted by Gasteiger charge is 2.23. The molecule has 2 aromatic rings. The Balaban J connectivity index is 1.79. The average Bonchev–Trinajstić information content (AvgIpc) is 2.79. The fourth-order valence-electron chi connectivity index (χ4n) is 2.46. The summed E-state index contributed by atoms with van der Waals surface area (Å²) in [7, 11) is 0.